The molecule has 510 valence electrons. The molecule has 9 aromatic carbocycles. The van der Waals surface area contributed by atoms with Gasteiger partial charge in [0.05, 0.1) is 55.0 Å². The second-order valence-electron chi connectivity index (χ2n) is 22.2. The van der Waals surface area contributed by atoms with Gasteiger partial charge in [0.15, 0.2) is 0 Å². The molecule has 0 aliphatic carbocycles. The molecular formula is C74H64B2Br3F3N6O7S5. The van der Waals surface area contributed by atoms with E-state index in [1.54, 1.807) is 53.1 Å². The smallest absolute Gasteiger partial charge is 0.494 e. The zero-order valence-corrected chi connectivity index (χ0v) is 62.9. The van der Waals surface area contributed by atoms with Crippen molar-refractivity contribution in [2.45, 2.75) is 59.3 Å². The van der Waals surface area contributed by atoms with Gasteiger partial charge in [-0.15, -0.1) is 11.3 Å². The van der Waals surface area contributed by atoms with Crippen LogP contribution in [0.15, 0.2) is 212 Å². The number of hydrogen-bond donors (Lipinski definition) is 4. The summed E-state index contributed by atoms with van der Waals surface area (Å²) in [5.41, 5.74) is 13.4. The van der Waals surface area contributed by atoms with Gasteiger partial charge in [0.1, 0.15) is 67.8 Å². The van der Waals surface area contributed by atoms with Gasteiger partial charge in [-0.05, 0) is 190 Å². The van der Waals surface area contributed by atoms with Crippen molar-refractivity contribution in [3.8, 4) is 83.3 Å². The van der Waals surface area contributed by atoms with Crippen molar-refractivity contribution in [2.75, 3.05) is 19.8 Å². The molecule has 14 rings (SSSR count). The Hall–Kier alpha value is -7.56. The highest BCUT2D eigenvalue weighted by Crippen LogP contribution is 2.40. The number of hydrogen-bond acceptors (Lipinski definition) is 18. The van der Waals surface area contributed by atoms with Crippen LogP contribution >= 0.6 is 106 Å². The number of unbranched alkanes of at least 4 members (excludes halogenated alkanes) is 3. The number of ether oxygens (including phenoxy) is 3. The summed E-state index contributed by atoms with van der Waals surface area (Å²) in [6, 6.07) is 57.1. The zero-order valence-electron chi connectivity index (χ0n) is 54.1. The summed E-state index contributed by atoms with van der Waals surface area (Å²) >= 11 is 16.8. The molecule has 0 saturated heterocycles. The molecule has 5 aromatic heterocycles. The summed E-state index contributed by atoms with van der Waals surface area (Å²) in [4.78, 5) is 1.13. The summed E-state index contributed by atoms with van der Waals surface area (Å²) in [6.07, 6.45) is 6.37. The van der Waals surface area contributed by atoms with Crippen LogP contribution in [0.2, 0.25) is 0 Å². The third kappa shape index (κ3) is 19.7. The lowest BCUT2D eigenvalue weighted by Crippen LogP contribution is -2.32. The number of fused-ring (bicyclic) bond motifs is 3. The predicted octanol–water partition coefficient (Wildman–Crippen LogP) is 20.2. The minimum absolute atomic E-state index is 0.127. The minimum Gasteiger partial charge on any atom is -0.494 e. The van der Waals surface area contributed by atoms with Crippen LogP contribution in [-0.4, -0.2) is 80.4 Å². The number of aromatic nitrogens is 6. The fourth-order valence-electron chi connectivity index (χ4n) is 9.99. The van der Waals surface area contributed by atoms with E-state index in [1.807, 2.05) is 139 Å². The summed E-state index contributed by atoms with van der Waals surface area (Å²) < 4.78 is 90.2. The number of nitrogens with zero attached hydrogens (tertiary/aromatic N) is 6. The Kier molecular flexibility index (Phi) is 28.1. The third-order valence-electron chi connectivity index (χ3n) is 15.3. The molecule has 0 saturated carbocycles. The zero-order chi connectivity index (χ0) is 70.5. The molecule has 13 nitrogen and oxygen atoms in total. The molecule has 26 heteroatoms. The van der Waals surface area contributed by atoms with Crippen molar-refractivity contribution >= 4 is 163 Å². The van der Waals surface area contributed by atoms with Crippen molar-refractivity contribution < 1.29 is 47.5 Å². The van der Waals surface area contributed by atoms with Crippen LogP contribution in [0.3, 0.4) is 0 Å². The van der Waals surface area contributed by atoms with Gasteiger partial charge in [-0.25, -0.2) is 13.2 Å². The Labute approximate surface area is 623 Å². The molecule has 4 N–H and O–H groups in total. The maximum absolute atomic E-state index is 15.2. The molecular weight excluding hydrogens is 1560 g/mol. The van der Waals surface area contributed by atoms with Crippen LogP contribution in [0.4, 0.5) is 13.2 Å². The molecule has 0 atom stereocenters. The average molecular weight is 1630 g/mol. The van der Waals surface area contributed by atoms with Gasteiger partial charge in [-0.3, -0.25) is 0 Å². The van der Waals surface area contributed by atoms with Crippen molar-refractivity contribution in [2.24, 2.45) is 0 Å². The van der Waals surface area contributed by atoms with Crippen molar-refractivity contribution in [1.29, 1.82) is 0 Å². The Bertz CT molecular complexity index is 4870. The Morgan fingerprint density at radius 1 is 0.360 bits per heavy atom. The first-order chi connectivity index (χ1) is 48.6. The standard InChI is InChI=1S/C26H21FN2OS2.C22H18BrFN2OS.C16H18BFO3.C6H2Br2N2S.C4H5BO2S/c1-2-3-14-30-19-9-6-17(7-10-19)18-8-11-20(23(27)16-18)21-12-13-22(24-5-4-15-31-24)26-25(21)28-32-29-26;1-2-3-12-27-16-7-4-14(5-8-16)15-6-9-17(20(24)13-15)18-10-11-19(23)22-21(18)25-28-26-22;1-2-3-10-21-14-7-4-12(5-8-14)13-6-9-15(17(19)20)16(18)11-13;7-3-1-2-4(8)6-5(3)9-11-10-6;6-5(7)4-2-1-3-8-4/h4-13,15-16H,2-3,14H2,1H3;4-11,13H,2-3,12H2,1H3;4-9,11,19-20H,2-3,10H2,1H3;1-2H;1-3,6-7H. The summed E-state index contributed by atoms with van der Waals surface area (Å²) in [6.45, 7) is 8.49. The largest absolute Gasteiger partial charge is 0.499 e. The van der Waals surface area contributed by atoms with E-state index >= 15 is 4.39 Å². The van der Waals surface area contributed by atoms with E-state index in [-0.39, 0.29) is 17.1 Å². The Balaban J connectivity index is 0.000000145. The fourth-order valence-corrected chi connectivity index (χ4v) is 14.6. The Morgan fingerprint density at radius 2 is 0.700 bits per heavy atom. The molecule has 0 radical (unpaired) electrons. The van der Waals surface area contributed by atoms with Crippen LogP contribution in [-0.2, 0) is 0 Å². The van der Waals surface area contributed by atoms with E-state index in [1.165, 1.54) is 35.2 Å². The van der Waals surface area contributed by atoms with Crippen LogP contribution in [0.5, 0.6) is 17.2 Å². The van der Waals surface area contributed by atoms with E-state index < -0.39 is 20.1 Å². The minimum atomic E-state index is -1.80. The lowest BCUT2D eigenvalue weighted by atomic mass is 9.79. The molecule has 0 spiro atoms. The molecule has 0 aliphatic rings. The second kappa shape index (κ2) is 37.4. The first kappa shape index (κ1) is 75.1. The van der Waals surface area contributed by atoms with E-state index in [2.05, 4.69) is 101 Å². The highest BCUT2D eigenvalue weighted by molar-refractivity contribution is 9.11. The SMILES string of the molecule is Brc1ccc(Br)c2nsnc12.CCCCOc1ccc(-c2ccc(-c3ccc(-c4cccs4)c4nsnc34)c(F)c2)cc1.CCCCOc1ccc(-c2ccc(-c3ccc(Br)c4nsnc34)c(F)c2)cc1.CCCCOc1ccc(-c2ccc(B(O)O)c(F)c2)cc1.OB(O)c1cccs1. The number of rotatable bonds is 20. The van der Waals surface area contributed by atoms with Gasteiger partial charge in [-0.1, -0.05) is 149 Å². The molecule has 0 aliphatic heterocycles. The number of halogens is 6. The quantitative estimate of drug-likeness (QED) is 0.0418. The van der Waals surface area contributed by atoms with E-state index in [0.717, 1.165) is 170 Å². The van der Waals surface area contributed by atoms with Crippen LogP contribution in [0, 0.1) is 17.5 Å². The normalized spacial score (nSPS) is 10.8. The predicted molar refractivity (Wildman–Crippen MR) is 417 cm³/mol. The fraction of sp³-hybridized carbons (Fsp3) is 0.162. The van der Waals surface area contributed by atoms with Gasteiger partial charge in [0.2, 0.25) is 0 Å². The van der Waals surface area contributed by atoms with Crippen LogP contribution in [0.25, 0.3) is 99.2 Å². The maximum atomic E-state index is 15.2. The van der Waals surface area contributed by atoms with E-state index in [0.29, 0.717) is 46.8 Å². The topological polar surface area (TPSA) is 186 Å². The number of thiophene rings is 2. The molecule has 0 fully saturated rings. The molecule has 0 amide bonds. The van der Waals surface area contributed by atoms with E-state index in [9.17, 15) is 8.78 Å². The van der Waals surface area contributed by atoms with Gasteiger partial charge in [0.25, 0.3) is 0 Å². The van der Waals surface area contributed by atoms with Gasteiger partial charge in [-0.2, -0.15) is 37.6 Å². The molecule has 100 heavy (non-hydrogen) atoms. The molecule has 14 aromatic rings. The molecule has 0 unspecified atom stereocenters. The van der Waals surface area contributed by atoms with Crippen LogP contribution < -0.4 is 24.4 Å². The average Bonchev–Trinajstić information content (AvgIpc) is 1.46. The lowest BCUT2D eigenvalue weighted by Gasteiger charge is -2.10. The van der Waals surface area contributed by atoms with Crippen molar-refractivity contribution in [3.63, 3.8) is 0 Å². The first-order valence-electron chi connectivity index (χ1n) is 31.7. The molecule has 0 bridgehead atoms. The van der Waals surface area contributed by atoms with Crippen LogP contribution in [0.1, 0.15) is 59.3 Å². The van der Waals surface area contributed by atoms with Gasteiger partial charge >= 0.3 is 14.2 Å². The first-order valence-corrected chi connectivity index (χ1v) is 38.1. The Morgan fingerprint density at radius 3 is 1.07 bits per heavy atom. The van der Waals surface area contributed by atoms with E-state index in [4.69, 9.17) is 34.3 Å². The third-order valence-corrected chi connectivity index (χ3v) is 20.7. The number of benzene rings is 9. The van der Waals surface area contributed by atoms with Crippen molar-refractivity contribution in [1.82, 2.24) is 26.2 Å². The monoisotopic (exact) mass is 1620 g/mol. The maximum Gasteiger partial charge on any atom is 0.499 e. The van der Waals surface area contributed by atoms with Gasteiger partial charge < -0.3 is 34.3 Å². The van der Waals surface area contributed by atoms with Gasteiger partial charge in [0, 0.05) is 56.4 Å². The van der Waals surface area contributed by atoms with Crippen molar-refractivity contribution in [3.05, 3.63) is 230 Å². The second-order valence-corrected chi connectivity index (χ2v) is 28.3. The lowest BCUT2D eigenvalue weighted by molar-refractivity contribution is 0.309. The summed E-state index contributed by atoms with van der Waals surface area (Å²) in [7, 11) is -3.09. The summed E-state index contributed by atoms with van der Waals surface area (Å²) in [5, 5.41) is 38.8. The summed E-state index contributed by atoms with van der Waals surface area (Å²) in [5.74, 6) is 1.27. The molecule has 5 heterocycles. The highest BCUT2D eigenvalue weighted by Gasteiger charge is 2.20. The highest BCUT2D eigenvalue weighted by atomic mass is 79.9.